The summed E-state index contributed by atoms with van der Waals surface area (Å²) in [6, 6.07) is 11.9. The summed E-state index contributed by atoms with van der Waals surface area (Å²) in [6.45, 7) is 0.947. The van der Waals surface area contributed by atoms with Gasteiger partial charge in [0.1, 0.15) is 11.5 Å². The fourth-order valence-electron chi connectivity index (χ4n) is 4.12. The minimum atomic E-state index is -0.0719. The second-order valence-corrected chi connectivity index (χ2v) is 7.94. The second-order valence-electron chi connectivity index (χ2n) is 7.94. The van der Waals surface area contributed by atoms with Crippen LogP contribution in [0.5, 0.6) is 0 Å². The van der Waals surface area contributed by atoms with Gasteiger partial charge in [-0.2, -0.15) is 0 Å². The Bertz CT molecular complexity index is 869. The summed E-state index contributed by atoms with van der Waals surface area (Å²) in [6.07, 6.45) is 9.85. The minimum Gasteiger partial charge on any atom is -0.378 e. The van der Waals surface area contributed by atoms with Crippen molar-refractivity contribution in [1.29, 1.82) is 0 Å². The van der Waals surface area contributed by atoms with Gasteiger partial charge in [0.2, 0.25) is 5.78 Å². The van der Waals surface area contributed by atoms with Crippen molar-refractivity contribution in [2.75, 3.05) is 35.8 Å². The van der Waals surface area contributed by atoms with E-state index in [0.717, 1.165) is 29.4 Å². The second kappa shape index (κ2) is 8.05. The first-order valence-electron chi connectivity index (χ1n) is 10.1. The van der Waals surface area contributed by atoms with Crippen LogP contribution in [0.2, 0.25) is 0 Å². The topological polar surface area (TPSA) is 48.5 Å². The van der Waals surface area contributed by atoms with Crippen molar-refractivity contribution >= 4 is 22.8 Å². The SMILES string of the molecule is CN(C)c1ccc2c(c1)N/C(=C/C(=O)c1ccccn1)N2CC1CCCCC1. The number of aromatic nitrogens is 1. The molecule has 1 saturated carbocycles. The molecule has 0 spiro atoms. The maximum absolute atomic E-state index is 12.8. The molecule has 1 aromatic carbocycles. The van der Waals surface area contributed by atoms with Crippen LogP contribution in [0.25, 0.3) is 0 Å². The number of fused-ring (bicyclic) bond motifs is 1. The Morgan fingerprint density at radius 2 is 2.04 bits per heavy atom. The summed E-state index contributed by atoms with van der Waals surface area (Å²) in [7, 11) is 4.08. The summed E-state index contributed by atoms with van der Waals surface area (Å²) >= 11 is 0. The number of hydrogen-bond donors (Lipinski definition) is 1. The number of rotatable bonds is 5. The van der Waals surface area contributed by atoms with Gasteiger partial charge in [0, 0.05) is 38.6 Å². The summed E-state index contributed by atoms with van der Waals surface area (Å²) in [5, 5.41) is 3.48. The van der Waals surface area contributed by atoms with E-state index in [9.17, 15) is 4.79 Å². The van der Waals surface area contributed by atoms with E-state index in [0.29, 0.717) is 11.6 Å². The van der Waals surface area contributed by atoms with Crippen molar-refractivity contribution in [1.82, 2.24) is 4.98 Å². The Hall–Kier alpha value is -2.82. The fraction of sp³-hybridized carbons (Fsp3) is 0.391. The molecule has 5 nitrogen and oxygen atoms in total. The van der Waals surface area contributed by atoms with Crippen molar-refractivity contribution in [3.8, 4) is 0 Å². The van der Waals surface area contributed by atoms with E-state index in [1.54, 1.807) is 18.3 Å². The highest BCUT2D eigenvalue weighted by molar-refractivity contribution is 6.04. The van der Waals surface area contributed by atoms with Crippen LogP contribution in [0.4, 0.5) is 17.1 Å². The maximum Gasteiger partial charge on any atom is 0.207 e. The minimum absolute atomic E-state index is 0.0719. The third-order valence-corrected chi connectivity index (χ3v) is 5.69. The molecule has 0 unspecified atom stereocenters. The van der Waals surface area contributed by atoms with E-state index in [-0.39, 0.29) is 5.78 Å². The Kier molecular flexibility index (Phi) is 5.33. The van der Waals surface area contributed by atoms with Gasteiger partial charge in [-0.05, 0) is 49.1 Å². The molecule has 1 aliphatic heterocycles. The molecule has 0 bridgehead atoms. The summed E-state index contributed by atoms with van der Waals surface area (Å²) in [4.78, 5) is 21.3. The fourth-order valence-corrected chi connectivity index (χ4v) is 4.12. The third-order valence-electron chi connectivity index (χ3n) is 5.69. The van der Waals surface area contributed by atoms with Crippen LogP contribution >= 0.6 is 0 Å². The van der Waals surface area contributed by atoms with Crippen molar-refractivity contribution in [3.63, 3.8) is 0 Å². The molecule has 146 valence electrons. The number of anilines is 3. The molecule has 0 amide bonds. The zero-order valence-electron chi connectivity index (χ0n) is 16.7. The highest BCUT2D eigenvalue weighted by Crippen LogP contribution is 2.40. The number of carbonyl (C=O) groups is 1. The Labute approximate surface area is 167 Å². The highest BCUT2D eigenvalue weighted by atomic mass is 16.1. The molecule has 1 aliphatic carbocycles. The highest BCUT2D eigenvalue weighted by Gasteiger charge is 2.28. The van der Waals surface area contributed by atoms with Gasteiger partial charge in [-0.15, -0.1) is 0 Å². The lowest BCUT2D eigenvalue weighted by atomic mass is 9.89. The molecule has 0 radical (unpaired) electrons. The molecule has 1 fully saturated rings. The Morgan fingerprint density at radius 3 is 2.75 bits per heavy atom. The quantitative estimate of drug-likeness (QED) is 0.606. The number of benzene rings is 1. The number of hydrogen-bond acceptors (Lipinski definition) is 5. The van der Waals surface area contributed by atoms with Gasteiger partial charge in [-0.25, -0.2) is 0 Å². The Morgan fingerprint density at radius 1 is 1.21 bits per heavy atom. The van der Waals surface area contributed by atoms with Gasteiger partial charge in [-0.1, -0.05) is 25.3 Å². The summed E-state index contributed by atoms with van der Waals surface area (Å²) in [5.41, 5.74) is 3.82. The lowest BCUT2D eigenvalue weighted by Gasteiger charge is -2.28. The van der Waals surface area contributed by atoms with E-state index in [1.165, 1.54) is 32.1 Å². The Balaban J connectivity index is 1.65. The molecule has 0 atom stereocenters. The molecule has 2 heterocycles. The monoisotopic (exact) mass is 376 g/mol. The lowest BCUT2D eigenvalue weighted by Crippen LogP contribution is -2.29. The first-order valence-corrected chi connectivity index (χ1v) is 10.1. The number of allylic oxidation sites excluding steroid dienone is 1. The van der Waals surface area contributed by atoms with Gasteiger partial charge in [0.05, 0.1) is 11.4 Å². The molecule has 5 heteroatoms. The van der Waals surface area contributed by atoms with Gasteiger partial charge < -0.3 is 15.1 Å². The molecule has 1 aromatic heterocycles. The molecule has 28 heavy (non-hydrogen) atoms. The van der Waals surface area contributed by atoms with Crippen LogP contribution in [0.3, 0.4) is 0 Å². The zero-order chi connectivity index (χ0) is 19.5. The van der Waals surface area contributed by atoms with E-state index in [4.69, 9.17) is 0 Å². The largest absolute Gasteiger partial charge is 0.378 e. The van der Waals surface area contributed by atoms with Crippen LogP contribution in [-0.4, -0.2) is 31.4 Å². The number of pyridine rings is 1. The molecule has 1 N–H and O–H groups in total. The van der Waals surface area contributed by atoms with Crippen LogP contribution < -0.4 is 15.1 Å². The molecular formula is C23H28N4O. The number of ketones is 1. The molecule has 2 aromatic rings. The van der Waals surface area contributed by atoms with Crippen LogP contribution in [-0.2, 0) is 0 Å². The smallest absolute Gasteiger partial charge is 0.207 e. The van der Waals surface area contributed by atoms with Gasteiger partial charge in [-0.3, -0.25) is 9.78 Å². The first-order chi connectivity index (χ1) is 13.6. The molecule has 0 saturated heterocycles. The number of nitrogens with one attached hydrogen (secondary N) is 1. The first kappa shape index (κ1) is 18.5. The van der Waals surface area contributed by atoms with E-state index in [1.807, 2.05) is 26.2 Å². The average molecular weight is 377 g/mol. The predicted octanol–water partition coefficient (Wildman–Crippen LogP) is 4.68. The van der Waals surface area contributed by atoms with Crippen molar-refractivity contribution in [3.05, 3.63) is 60.2 Å². The van der Waals surface area contributed by atoms with Gasteiger partial charge in [0.25, 0.3) is 0 Å². The molecule has 2 aliphatic rings. The number of nitrogens with zero attached hydrogens (tertiary/aromatic N) is 3. The summed E-state index contributed by atoms with van der Waals surface area (Å²) < 4.78 is 0. The van der Waals surface area contributed by atoms with Gasteiger partial charge in [0.15, 0.2) is 0 Å². The maximum atomic E-state index is 12.8. The summed E-state index contributed by atoms with van der Waals surface area (Å²) in [5.74, 6) is 1.45. The average Bonchev–Trinajstić information content (AvgIpc) is 3.05. The van der Waals surface area contributed by atoms with Crippen LogP contribution in [0, 0.1) is 5.92 Å². The van der Waals surface area contributed by atoms with E-state index < -0.39 is 0 Å². The van der Waals surface area contributed by atoms with E-state index >= 15 is 0 Å². The number of carbonyl (C=O) groups excluding carboxylic acids is 1. The van der Waals surface area contributed by atoms with Gasteiger partial charge >= 0.3 is 0 Å². The molecular weight excluding hydrogens is 348 g/mol. The van der Waals surface area contributed by atoms with E-state index in [2.05, 4.69) is 38.3 Å². The normalized spacial score (nSPS) is 18.1. The molecule has 4 rings (SSSR count). The lowest BCUT2D eigenvalue weighted by molar-refractivity contribution is 0.104. The van der Waals surface area contributed by atoms with Crippen molar-refractivity contribution in [2.45, 2.75) is 32.1 Å². The third kappa shape index (κ3) is 3.88. The van der Waals surface area contributed by atoms with Crippen molar-refractivity contribution < 1.29 is 4.79 Å². The standard InChI is InChI=1S/C23H28N4O/c1-26(2)18-11-12-21-20(14-18)25-23(15-22(28)19-10-6-7-13-24-19)27(21)16-17-8-4-3-5-9-17/h6-7,10-15,17,25H,3-5,8-9,16H2,1-2H3/b23-15-. The van der Waals surface area contributed by atoms with Crippen molar-refractivity contribution in [2.24, 2.45) is 5.92 Å². The zero-order valence-corrected chi connectivity index (χ0v) is 16.7. The predicted molar refractivity (Wildman–Crippen MR) is 115 cm³/mol. The van der Waals surface area contributed by atoms with Crippen LogP contribution in [0.15, 0.2) is 54.5 Å². The van der Waals surface area contributed by atoms with Crippen LogP contribution in [0.1, 0.15) is 42.6 Å².